The molecule has 4 heteroatoms. The van der Waals surface area contributed by atoms with Gasteiger partial charge in [-0.15, -0.1) is 0 Å². The molecular weight excluding hydrogens is 532 g/mol. The van der Waals surface area contributed by atoms with Crippen molar-refractivity contribution in [3.05, 3.63) is 130 Å². The highest BCUT2D eigenvalue weighted by Gasteiger charge is 2.20. The Morgan fingerprint density at radius 2 is 1.37 bits per heavy atom. The van der Waals surface area contributed by atoms with Crippen LogP contribution in [0.2, 0.25) is 0 Å². The second kappa shape index (κ2) is 8.51. The summed E-state index contributed by atoms with van der Waals surface area (Å²) in [5, 5.41) is 3.59. The lowest BCUT2D eigenvalue weighted by atomic mass is 9.96. The molecule has 180 valence electrons. The Balaban J connectivity index is 1.65. The molecule has 0 amide bonds. The number of rotatable bonds is 4. The molecule has 0 N–H and O–H groups in total. The zero-order valence-electron chi connectivity index (χ0n) is 20.4. The molecule has 0 saturated heterocycles. The van der Waals surface area contributed by atoms with Crippen LogP contribution in [0, 0.1) is 0 Å². The van der Waals surface area contributed by atoms with Crippen molar-refractivity contribution in [2.45, 2.75) is 0 Å². The smallest absolute Gasteiger partial charge is 0.264 e. The zero-order chi connectivity index (χ0) is 26.0. The van der Waals surface area contributed by atoms with Gasteiger partial charge in [-0.2, -0.15) is 0 Å². The van der Waals surface area contributed by atoms with Gasteiger partial charge < -0.3 is 0 Å². The van der Waals surface area contributed by atoms with Crippen molar-refractivity contribution in [3.8, 4) is 22.3 Å². The molecule has 2 heterocycles. The fraction of sp³-hybridized carbons (Fsp3) is 0. The molecule has 0 atom stereocenters. The Kier molecular flexibility index (Phi) is 5.07. The third-order valence-electron chi connectivity index (χ3n) is 7.36. The van der Waals surface area contributed by atoms with Gasteiger partial charge in [0, 0.05) is 26.2 Å². The Morgan fingerprint density at radius 1 is 0.711 bits per heavy atom. The van der Waals surface area contributed by atoms with Crippen molar-refractivity contribution >= 4 is 66.3 Å². The van der Waals surface area contributed by atoms with E-state index in [0.717, 1.165) is 65.0 Å². The molecule has 0 radical (unpaired) electrons. The van der Waals surface area contributed by atoms with E-state index in [1.807, 2.05) is 36.4 Å². The van der Waals surface area contributed by atoms with Gasteiger partial charge in [0.05, 0.1) is 11.0 Å². The standard InChI is InChI=1S/C34H21BrN2O/c1-3-20-8-12-22(13-9-20)24-18-28(23-14-10-21(4-2)11-15-23)32-30(19-24)37-33(36-32)26-7-5-6-25-29(35)17-16-27(31(25)26)34(37)38/h3-19H,1-2H2. The van der Waals surface area contributed by atoms with Gasteiger partial charge >= 0.3 is 0 Å². The van der Waals surface area contributed by atoms with Gasteiger partial charge in [0.25, 0.3) is 5.56 Å². The number of fused-ring (bicyclic) bond motifs is 4. The van der Waals surface area contributed by atoms with Crippen LogP contribution in [0.4, 0.5) is 0 Å². The maximum Gasteiger partial charge on any atom is 0.264 e. The van der Waals surface area contributed by atoms with Crippen molar-refractivity contribution in [2.24, 2.45) is 0 Å². The number of benzene rings is 5. The lowest BCUT2D eigenvalue weighted by Gasteiger charge is -2.10. The first-order chi connectivity index (χ1) is 18.6. The van der Waals surface area contributed by atoms with E-state index < -0.39 is 0 Å². The number of halogens is 1. The molecule has 0 aliphatic rings. The Hall–Kier alpha value is -4.54. The van der Waals surface area contributed by atoms with Crippen LogP contribution in [-0.2, 0) is 0 Å². The Labute approximate surface area is 227 Å². The van der Waals surface area contributed by atoms with Gasteiger partial charge in [-0.1, -0.05) is 108 Å². The lowest BCUT2D eigenvalue weighted by molar-refractivity contribution is 1.19. The first kappa shape index (κ1) is 22.6. The van der Waals surface area contributed by atoms with E-state index in [2.05, 4.69) is 95.8 Å². The summed E-state index contributed by atoms with van der Waals surface area (Å²) >= 11 is 3.66. The van der Waals surface area contributed by atoms with Crippen LogP contribution in [-0.4, -0.2) is 9.38 Å². The summed E-state index contributed by atoms with van der Waals surface area (Å²) < 4.78 is 2.74. The molecule has 7 rings (SSSR count). The number of imidazole rings is 1. The number of hydrogen-bond acceptors (Lipinski definition) is 2. The first-order valence-corrected chi connectivity index (χ1v) is 13.2. The zero-order valence-corrected chi connectivity index (χ0v) is 22.0. The number of nitrogens with zero attached hydrogens (tertiary/aromatic N) is 2. The average molecular weight is 553 g/mol. The molecule has 38 heavy (non-hydrogen) atoms. The van der Waals surface area contributed by atoms with E-state index in [1.54, 1.807) is 4.40 Å². The molecule has 0 spiro atoms. The van der Waals surface area contributed by atoms with Gasteiger partial charge in [-0.25, -0.2) is 4.98 Å². The summed E-state index contributed by atoms with van der Waals surface area (Å²) in [6, 6.07) is 30.8. The highest BCUT2D eigenvalue weighted by molar-refractivity contribution is 9.10. The highest BCUT2D eigenvalue weighted by Crippen LogP contribution is 2.38. The van der Waals surface area contributed by atoms with Crippen molar-refractivity contribution in [2.75, 3.05) is 0 Å². The van der Waals surface area contributed by atoms with Crippen molar-refractivity contribution < 1.29 is 0 Å². The summed E-state index contributed by atoms with van der Waals surface area (Å²) in [5.41, 5.74) is 8.40. The van der Waals surface area contributed by atoms with E-state index in [1.165, 1.54) is 0 Å². The lowest BCUT2D eigenvalue weighted by Crippen LogP contribution is -2.13. The fourth-order valence-corrected chi connectivity index (χ4v) is 5.88. The van der Waals surface area contributed by atoms with Crippen LogP contribution in [0.1, 0.15) is 11.1 Å². The topological polar surface area (TPSA) is 34.4 Å². The predicted octanol–water partition coefficient (Wildman–Crippen LogP) is 8.97. The SMILES string of the molecule is C=Cc1ccc(-c2cc(-c3ccc(C=C)cc3)c3nc4c5cccc6c(Br)ccc(c(=O)n4c3c2)c65)cc1. The van der Waals surface area contributed by atoms with E-state index >= 15 is 0 Å². The van der Waals surface area contributed by atoms with Crippen LogP contribution >= 0.6 is 15.9 Å². The van der Waals surface area contributed by atoms with E-state index in [9.17, 15) is 4.79 Å². The minimum Gasteiger partial charge on any atom is -0.268 e. The third kappa shape index (κ3) is 3.27. The van der Waals surface area contributed by atoms with E-state index in [4.69, 9.17) is 4.98 Å². The number of hydrogen-bond donors (Lipinski definition) is 0. The van der Waals surface area contributed by atoms with Crippen LogP contribution in [0.15, 0.2) is 113 Å². The maximum atomic E-state index is 14.0. The van der Waals surface area contributed by atoms with Crippen LogP contribution in [0.5, 0.6) is 0 Å². The normalized spacial score (nSPS) is 11.6. The molecule has 0 unspecified atom stereocenters. The molecule has 0 bridgehead atoms. The summed E-state index contributed by atoms with van der Waals surface area (Å²) in [5.74, 6) is 0. The molecule has 0 aliphatic carbocycles. The third-order valence-corrected chi connectivity index (χ3v) is 8.05. The molecule has 7 aromatic rings. The summed E-state index contributed by atoms with van der Waals surface area (Å²) in [6.07, 6.45) is 3.67. The molecule has 0 aliphatic heterocycles. The van der Waals surface area contributed by atoms with Gasteiger partial charge in [0.15, 0.2) is 0 Å². The van der Waals surface area contributed by atoms with E-state index in [-0.39, 0.29) is 5.56 Å². The molecule has 0 fully saturated rings. The second-order valence-corrected chi connectivity index (χ2v) is 10.3. The van der Waals surface area contributed by atoms with Gasteiger partial charge in [-0.3, -0.25) is 9.20 Å². The first-order valence-electron chi connectivity index (χ1n) is 12.4. The fourth-order valence-electron chi connectivity index (χ4n) is 5.42. The minimum absolute atomic E-state index is 0.0641. The predicted molar refractivity (Wildman–Crippen MR) is 164 cm³/mol. The summed E-state index contributed by atoms with van der Waals surface area (Å²) in [4.78, 5) is 19.2. The van der Waals surface area contributed by atoms with Crippen LogP contribution in [0.3, 0.4) is 0 Å². The van der Waals surface area contributed by atoms with Gasteiger partial charge in [0.2, 0.25) is 0 Å². The van der Waals surface area contributed by atoms with Crippen LogP contribution < -0.4 is 5.56 Å². The van der Waals surface area contributed by atoms with Crippen molar-refractivity contribution in [1.29, 1.82) is 0 Å². The van der Waals surface area contributed by atoms with E-state index in [0.29, 0.717) is 11.0 Å². The minimum atomic E-state index is -0.0641. The summed E-state index contributed by atoms with van der Waals surface area (Å²) in [6.45, 7) is 7.76. The largest absolute Gasteiger partial charge is 0.268 e. The molecule has 5 aromatic carbocycles. The highest BCUT2D eigenvalue weighted by atomic mass is 79.9. The Morgan fingerprint density at radius 3 is 2.05 bits per heavy atom. The Bertz CT molecular complexity index is 2120. The number of pyridine rings is 1. The number of aromatic nitrogens is 2. The van der Waals surface area contributed by atoms with Crippen molar-refractivity contribution in [3.63, 3.8) is 0 Å². The monoisotopic (exact) mass is 552 g/mol. The van der Waals surface area contributed by atoms with Gasteiger partial charge in [0.1, 0.15) is 5.65 Å². The summed E-state index contributed by atoms with van der Waals surface area (Å²) in [7, 11) is 0. The molecular formula is C34H21BrN2O. The second-order valence-electron chi connectivity index (χ2n) is 9.44. The quantitative estimate of drug-likeness (QED) is 0.218. The average Bonchev–Trinajstić information content (AvgIpc) is 3.36. The molecule has 2 aromatic heterocycles. The van der Waals surface area contributed by atoms with Crippen molar-refractivity contribution in [1.82, 2.24) is 9.38 Å². The van der Waals surface area contributed by atoms with Gasteiger partial charge in [-0.05, 0) is 57.5 Å². The molecule has 3 nitrogen and oxygen atoms in total. The van der Waals surface area contributed by atoms with Crippen LogP contribution in [0.25, 0.3) is 72.6 Å². The molecule has 0 saturated carbocycles. The maximum absolute atomic E-state index is 14.0.